The molecule has 0 aromatic carbocycles. The highest BCUT2D eigenvalue weighted by atomic mass is 32.2. The van der Waals surface area contributed by atoms with E-state index in [0.717, 1.165) is 10.9 Å². The molecule has 0 spiro atoms. The van der Waals surface area contributed by atoms with E-state index < -0.39 is 0 Å². The molecule has 1 aliphatic heterocycles. The summed E-state index contributed by atoms with van der Waals surface area (Å²) in [5, 5.41) is 11.4. The van der Waals surface area contributed by atoms with Crippen molar-refractivity contribution in [1.29, 1.82) is 0 Å². The summed E-state index contributed by atoms with van der Waals surface area (Å²) in [6.45, 7) is 3.70. The Labute approximate surface area is 122 Å². The number of thioether (sulfide) groups is 1. The molecular weight excluding hydrogens is 278 g/mol. The van der Waals surface area contributed by atoms with Gasteiger partial charge in [0.25, 0.3) is 0 Å². The second-order valence-electron chi connectivity index (χ2n) is 4.70. The number of rotatable bonds is 6. The lowest BCUT2D eigenvalue weighted by Gasteiger charge is -2.13. The maximum atomic E-state index is 11.9. The molecule has 1 N–H and O–H groups in total. The number of carbonyl (C=O) groups excluding carboxylic acids is 2. The Kier molecular flexibility index (Phi) is 4.99. The lowest BCUT2D eigenvalue weighted by Crippen LogP contribution is -2.34. The van der Waals surface area contributed by atoms with Crippen LogP contribution in [0, 0.1) is 5.92 Å². The van der Waals surface area contributed by atoms with Crippen LogP contribution in [0.25, 0.3) is 0 Å². The minimum atomic E-state index is -0.206. The number of aryl methyl sites for hydroxylation is 1. The van der Waals surface area contributed by atoms with Gasteiger partial charge in [0.1, 0.15) is 6.33 Å². The number of likely N-dealkylation sites (tertiary alicyclic amines) is 1. The van der Waals surface area contributed by atoms with Crippen LogP contribution in [-0.4, -0.2) is 56.9 Å². The van der Waals surface area contributed by atoms with E-state index in [1.54, 1.807) is 23.0 Å². The van der Waals surface area contributed by atoms with E-state index in [-0.39, 0.29) is 17.7 Å². The molecule has 2 amide bonds. The molecule has 1 aromatic heterocycles. The van der Waals surface area contributed by atoms with E-state index in [9.17, 15) is 9.59 Å². The van der Waals surface area contributed by atoms with Gasteiger partial charge in [0, 0.05) is 38.9 Å². The number of carbonyl (C=O) groups is 2. The predicted molar refractivity (Wildman–Crippen MR) is 75.1 cm³/mol. The van der Waals surface area contributed by atoms with Crippen molar-refractivity contribution in [1.82, 2.24) is 25.0 Å². The van der Waals surface area contributed by atoms with Crippen LogP contribution >= 0.6 is 11.8 Å². The fourth-order valence-electron chi connectivity index (χ4n) is 2.12. The zero-order valence-electron chi connectivity index (χ0n) is 11.7. The standard InChI is InChI=1S/C12H19N5O2S/c1-3-17-7-9(6-10(17)18)11(19)13-4-5-20-12-15-14-8-16(12)2/h8-9H,3-7H2,1-2H3,(H,13,19)/t9-/m1/s1. The lowest BCUT2D eigenvalue weighted by atomic mass is 10.1. The molecule has 0 bridgehead atoms. The van der Waals surface area contributed by atoms with Gasteiger partial charge in [0.15, 0.2) is 5.16 Å². The Hall–Kier alpha value is -1.57. The maximum absolute atomic E-state index is 11.9. The third kappa shape index (κ3) is 3.50. The molecule has 1 fully saturated rings. The van der Waals surface area contributed by atoms with E-state index in [1.165, 1.54) is 0 Å². The van der Waals surface area contributed by atoms with E-state index in [4.69, 9.17) is 0 Å². The Morgan fingerprint density at radius 2 is 2.40 bits per heavy atom. The average molecular weight is 297 g/mol. The lowest BCUT2D eigenvalue weighted by molar-refractivity contribution is -0.128. The maximum Gasteiger partial charge on any atom is 0.225 e. The largest absolute Gasteiger partial charge is 0.355 e. The second-order valence-corrected chi connectivity index (χ2v) is 5.76. The summed E-state index contributed by atoms with van der Waals surface area (Å²) < 4.78 is 1.83. The minimum Gasteiger partial charge on any atom is -0.355 e. The normalized spacial score (nSPS) is 18.6. The van der Waals surface area contributed by atoms with Crippen LogP contribution in [0.15, 0.2) is 11.5 Å². The summed E-state index contributed by atoms with van der Waals surface area (Å²) in [5.41, 5.74) is 0. The molecular formula is C12H19N5O2S. The average Bonchev–Trinajstić information content (AvgIpc) is 3.00. The van der Waals surface area contributed by atoms with Crippen LogP contribution in [0.5, 0.6) is 0 Å². The third-order valence-electron chi connectivity index (χ3n) is 3.27. The molecule has 20 heavy (non-hydrogen) atoms. The van der Waals surface area contributed by atoms with Gasteiger partial charge in [-0.3, -0.25) is 9.59 Å². The van der Waals surface area contributed by atoms with Crippen molar-refractivity contribution in [3.8, 4) is 0 Å². The van der Waals surface area contributed by atoms with Crippen LogP contribution in [0.1, 0.15) is 13.3 Å². The molecule has 0 saturated carbocycles. The number of hydrogen-bond acceptors (Lipinski definition) is 5. The van der Waals surface area contributed by atoms with Crippen molar-refractivity contribution in [2.24, 2.45) is 13.0 Å². The predicted octanol–water partition coefficient (Wildman–Crippen LogP) is -0.108. The molecule has 2 heterocycles. The zero-order valence-corrected chi connectivity index (χ0v) is 12.5. The number of hydrogen-bond donors (Lipinski definition) is 1. The molecule has 0 unspecified atom stereocenters. The van der Waals surface area contributed by atoms with E-state index >= 15 is 0 Å². The first-order valence-electron chi connectivity index (χ1n) is 6.64. The van der Waals surface area contributed by atoms with Crippen LogP contribution in [0.3, 0.4) is 0 Å². The number of aromatic nitrogens is 3. The highest BCUT2D eigenvalue weighted by Gasteiger charge is 2.32. The number of nitrogens with one attached hydrogen (secondary N) is 1. The molecule has 2 rings (SSSR count). The summed E-state index contributed by atoms with van der Waals surface area (Å²) >= 11 is 1.54. The first-order valence-corrected chi connectivity index (χ1v) is 7.62. The van der Waals surface area contributed by atoms with Crippen LogP contribution < -0.4 is 5.32 Å². The topological polar surface area (TPSA) is 80.1 Å². The zero-order chi connectivity index (χ0) is 14.5. The van der Waals surface area contributed by atoms with Gasteiger partial charge >= 0.3 is 0 Å². The van der Waals surface area contributed by atoms with Crippen molar-refractivity contribution in [3.63, 3.8) is 0 Å². The van der Waals surface area contributed by atoms with E-state index in [1.807, 2.05) is 18.5 Å². The molecule has 8 heteroatoms. The molecule has 1 aliphatic rings. The molecule has 0 aliphatic carbocycles. The van der Waals surface area contributed by atoms with E-state index in [0.29, 0.717) is 26.1 Å². The summed E-state index contributed by atoms with van der Waals surface area (Å²) in [4.78, 5) is 25.2. The van der Waals surface area contributed by atoms with Crippen molar-refractivity contribution in [2.45, 2.75) is 18.5 Å². The fraction of sp³-hybridized carbons (Fsp3) is 0.667. The van der Waals surface area contributed by atoms with Gasteiger partial charge < -0.3 is 14.8 Å². The van der Waals surface area contributed by atoms with Crippen molar-refractivity contribution < 1.29 is 9.59 Å². The Bertz CT molecular complexity index is 490. The van der Waals surface area contributed by atoms with Gasteiger partial charge in [-0.1, -0.05) is 11.8 Å². The first kappa shape index (κ1) is 14.8. The van der Waals surface area contributed by atoms with Gasteiger partial charge in [-0.25, -0.2) is 0 Å². The summed E-state index contributed by atoms with van der Waals surface area (Å²) in [5.74, 6) is 0.562. The van der Waals surface area contributed by atoms with Gasteiger partial charge in [-0.05, 0) is 6.92 Å². The third-order valence-corrected chi connectivity index (χ3v) is 4.31. The highest BCUT2D eigenvalue weighted by Crippen LogP contribution is 2.17. The van der Waals surface area contributed by atoms with Gasteiger partial charge in [-0.2, -0.15) is 0 Å². The molecule has 7 nitrogen and oxygen atoms in total. The number of amides is 2. The fourth-order valence-corrected chi connectivity index (χ4v) is 2.86. The van der Waals surface area contributed by atoms with Crippen LogP contribution in [0.2, 0.25) is 0 Å². The summed E-state index contributed by atoms with van der Waals surface area (Å²) in [7, 11) is 1.88. The van der Waals surface area contributed by atoms with Crippen LogP contribution in [0.4, 0.5) is 0 Å². The number of nitrogens with zero attached hydrogens (tertiary/aromatic N) is 4. The summed E-state index contributed by atoms with van der Waals surface area (Å²) in [6.07, 6.45) is 1.97. The molecule has 1 aromatic rings. The Morgan fingerprint density at radius 3 is 3.00 bits per heavy atom. The van der Waals surface area contributed by atoms with Crippen LogP contribution in [-0.2, 0) is 16.6 Å². The van der Waals surface area contributed by atoms with Gasteiger partial charge in [-0.15, -0.1) is 10.2 Å². The SMILES string of the molecule is CCN1C[C@H](C(=O)NCCSc2nncn2C)CC1=O. The van der Waals surface area contributed by atoms with E-state index in [2.05, 4.69) is 15.5 Å². The molecule has 0 radical (unpaired) electrons. The highest BCUT2D eigenvalue weighted by molar-refractivity contribution is 7.99. The van der Waals surface area contributed by atoms with Gasteiger partial charge in [0.2, 0.25) is 11.8 Å². The van der Waals surface area contributed by atoms with Crippen molar-refractivity contribution in [3.05, 3.63) is 6.33 Å². The minimum absolute atomic E-state index is 0.0344. The monoisotopic (exact) mass is 297 g/mol. The van der Waals surface area contributed by atoms with Gasteiger partial charge in [0.05, 0.1) is 5.92 Å². The second kappa shape index (κ2) is 6.74. The smallest absolute Gasteiger partial charge is 0.225 e. The summed E-state index contributed by atoms with van der Waals surface area (Å²) in [6, 6.07) is 0. The quantitative estimate of drug-likeness (QED) is 0.585. The van der Waals surface area contributed by atoms with Crippen molar-refractivity contribution >= 4 is 23.6 Å². The molecule has 1 saturated heterocycles. The Balaban J connectivity index is 1.68. The first-order chi connectivity index (χ1) is 9.61. The Morgan fingerprint density at radius 1 is 1.60 bits per heavy atom. The molecule has 110 valence electrons. The van der Waals surface area contributed by atoms with Crippen molar-refractivity contribution in [2.75, 3.05) is 25.4 Å². The molecule has 1 atom stereocenters.